The summed E-state index contributed by atoms with van der Waals surface area (Å²) in [6.07, 6.45) is 17.3. The predicted octanol–water partition coefficient (Wildman–Crippen LogP) is 6.71. The highest BCUT2D eigenvalue weighted by Crippen LogP contribution is 2.38. The quantitative estimate of drug-likeness (QED) is 0.0426. The topological polar surface area (TPSA) is 111 Å². The third-order valence-electron chi connectivity index (χ3n) is 6.63. The van der Waals surface area contributed by atoms with Gasteiger partial charge in [-0.15, -0.1) is 0 Å². The van der Waals surface area contributed by atoms with E-state index in [1.807, 2.05) is 21.1 Å². The average molecular weight is 594 g/mol. The summed E-state index contributed by atoms with van der Waals surface area (Å²) in [6, 6.07) is 0. The lowest BCUT2D eigenvalue weighted by molar-refractivity contribution is -0.870. The first-order chi connectivity index (χ1) is 19.0. The maximum Gasteiger partial charge on any atom is 0.306 e. The Morgan fingerprint density at radius 3 is 1.60 bits per heavy atom. The lowest BCUT2D eigenvalue weighted by atomic mass is 10.1. The van der Waals surface area contributed by atoms with Crippen LogP contribution in [0.2, 0.25) is 0 Å². The monoisotopic (exact) mass is 593 g/mol. The van der Waals surface area contributed by atoms with Gasteiger partial charge in [-0.1, -0.05) is 104 Å². The first-order valence-electron chi connectivity index (χ1n) is 15.7. The molecule has 0 bridgehead atoms. The van der Waals surface area contributed by atoms with Gasteiger partial charge in [-0.3, -0.25) is 14.2 Å². The number of unbranched alkanes of at least 4 members (excludes halogenated alkanes) is 14. The number of hydrogen-bond acceptors (Lipinski definition) is 8. The number of phosphoric acid groups is 1. The fourth-order valence-electron chi connectivity index (χ4n) is 4.06. The van der Waals surface area contributed by atoms with Crippen molar-refractivity contribution in [1.29, 1.82) is 0 Å². The number of hydrogen-bond donors (Lipinski definition) is 0. The van der Waals surface area contributed by atoms with E-state index < -0.39 is 32.5 Å². The van der Waals surface area contributed by atoms with E-state index in [-0.39, 0.29) is 26.1 Å². The van der Waals surface area contributed by atoms with E-state index in [4.69, 9.17) is 18.5 Å². The number of rotatable bonds is 28. The Labute approximate surface area is 244 Å². The number of carbonyl (C=O) groups is 2. The summed E-state index contributed by atoms with van der Waals surface area (Å²) >= 11 is 0. The number of carbonyl (C=O) groups excluding carboxylic acids is 2. The normalized spacial score (nSPS) is 14.1. The van der Waals surface area contributed by atoms with Gasteiger partial charge in [0.2, 0.25) is 0 Å². The maximum atomic E-state index is 12.4. The molecular weight excluding hydrogens is 533 g/mol. The van der Waals surface area contributed by atoms with Crippen LogP contribution in [0.1, 0.15) is 129 Å². The van der Waals surface area contributed by atoms with Crippen LogP contribution >= 0.6 is 7.82 Å². The molecule has 9 nitrogen and oxygen atoms in total. The zero-order chi connectivity index (χ0) is 30.1. The molecule has 0 fully saturated rings. The molecule has 0 saturated carbocycles. The summed E-state index contributed by atoms with van der Waals surface area (Å²) in [7, 11) is 1.17. The van der Waals surface area contributed by atoms with Crippen molar-refractivity contribution in [2.24, 2.45) is 0 Å². The maximum absolute atomic E-state index is 12.4. The minimum atomic E-state index is -4.59. The highest BCUT2D eigenvalue weighted by molar-refractivity contribution is 7.45. The lowest BCUT2D eigenvalue weighted by Gasteiger charge is -2.28. The van der Waals surface area contributed by atoms with Crippen LogP contribution in [0.4, 0.5) is 0 Å². The largest absolute Gasteiger partial charge is 0.756 e. The van der Waals surface area contributed by atoms with Crippen molar-refractivity contribution in [2.45, 2.75) is 136 Å². The second-order valence-corrected chi connectivity index (χ2v) is 13.2. The summed E-state index contributed by atoms with van der Waals surface area (Å²) in [5, 5.41) is 0. The summed E-state index contributed by atoms with van der Waals surface area (Å²) in [5.74, 6) is -0.845. The van der Waals surface area contributed by atoms with Gasteiger partial charge in [0.05, 0.1) is 27.7 Å². The molecule has 0 heterocycles. The van der Waals surface area contributed by atoms with Crippen molar-refractivity contribution in [3.05, 3.63) is 0 Å². The summed E-state index contributed by atoms with van der Waals surface area (Å²) in [5.41, 5.74) is 0. The van der Waals surface area contributed by atoms with E-state index in [0.717, 1.165) is 38.5 Å². The zero-order valence-electron chi connectivity index (χ0n) is 26.3. The fraction of sp³-hybridized carbons (Fsp3) is 0.933. The van der Waals surface area contributed by atoms with Crippen molar-refractivity contribution in [3.63, 3.8) is 0 Å². The molecule has 0 rings (SSSR count). The average Bonchev–Trinajstić information content (AvgIpc) is 2.88. The van der Waals surface area contributed by atoms with Crippen molar-refractivity contribution in [3.8, 4) is 0 Å². The SMILES string of the molecule is CCCCCCCCCCCCC(=O)OC(COC(=O)CCCCCCCC)COP(=O)([O-])OCC[N+](C)(C)C. The van der Waals surface area contributed by atoms with Crippen LogP contribution in [0.15, 0.2) is 0 Å². The molecule has 0 N–H and O–H groups in total. The molecule has 238 valence electrons. The van der Waals surface area contributed by atoms with Crippen molar-refractivity contribution in [1.82, 2.24) is 0 Å². The van der Waals surface area contributed by atoms with Crippen molar-refractivity contribution < 1.29 is 42.1 Å². The van der Waals surface area contributed by atoms with Gasteiger partial charge in [0.25, 0.3) is 7.82 Å². The molecule has 0 amide bonds. The van der Waals surface area contributed by atoms with Gasteiger partial charge in [-0.25, -0.2) is 0 Å². The molecule has 10 heteroatoms. The van der Waals surface area contributed by atoms with Gasteiger partial charge in [-0.2, -0.15) is 0 Å². The summed E-state index contributed by atoms with van der Waals surface area (Å²) in [6.45, 7) is 4.11. The van der Waals surface area contributed by atoms with Crippen LogP contribution in [0.25, 0.3) is 0 Å². The smallest absolute Gasteiger partial charge is 0.306 e. The molecular formula is C30H60NO8P. The predicted molar refractivity (Wildman–Crippen MR) is 158 cm³/mol. The molecule has 0 aliphatic rings. The standard InChI is InChI=1S/C30H60NO8P/c1-6-8-10-12-14-15-16-17-19-21-23-30(33)39-28(26-36-29(32)22-20-18-13-11-9-7-2)27-38-40(34,35)37-25-24-31(3,4)5/h28H,6-27H2,1-5H3. The fourth-order valence-corrected chi connectivity index (χ4v) is 4.79. The van der Waals surface area contributed by atoms with E-state index in [1.165, 1.54) is 57.8 Å². The number of phosphoric ester groups is 1. The van der Waals surface area contributed by atoms with Crippen LogP contribution in [-0.2, 0) is 32.7 Å². The molecule has 0 radical (unpaired) electrons. The number of ether oxygens (including phenoxy) is 2. The minimum absolute atomic E-state index is 0.0271. The zero-order valence-corrected chi connectivity index (χ0v) is 27.2. The molecule has 0 aromatic heterocycles. The van der Waals surface area contributed by atoms with Crippen LogP contribution < -0.4 is 4.89 Å². The van der Waals surface area contributed by atoms with Crippen LogP contribution in [0, 0.1) is 0 Å². The van der Waals surface area contributed by atoms with Gasteiger partial charge >= 0.3 is 11.9 Å². The van der Waals surface area contributed by atoms with Gasteiger partial charge in [-0.05, 0) is 12.8 Å². The van der Waals surface area contributed by atoms with Crippen LogP contribution in [0.3, 0.4) is 0 Å². The van der Waals surface area contributed by atoms with E-state index in [1.54, 1.807) is 0 Å². The molecule has 0 aromatic rings. The van der Waals surface area contributed by atoms with Gasteiger partial charge in [0.1, 0.15) is 19.8 Å². The van der Waals surface area contributed by atoms with Crippen molar-refractivity contribution in [2.75, 3.05) is 47.5 Å². The van der Waals surface area contributed by atoms with E-state index in [2.05, 4.69) is 13.8 Å². The Balaban J connectivity index is 4.52. The second kappa shape index (κ2) is 24.6. The first-order valence-corrected chi connectivity index (χ1v) is 17.2. The molecule has 0 aromatic carbocycles. The Hall–Kier alpha value is -0.990. The van der Waals surface area contributed by atoms with Gasteiger partial charge in [0, 0.05) is 12.8 Å². The number of esters is 2. The second-order valence-electron chi connectivity index (χ2n) is 11.8. The molecule has 0 saturated heterocycles. The summed E-state index contributed by atoms with van der Waals surface area (Å²) in [4.78, 5) is 36.8. The Kier molecular flexibility index (Phi) is 24.0. The molecule has 40 heavy (non-hydrogen) atoms. The number of nitrogens with zero attached hydrogens (tertiary/aromatic N) is 1. The van der Waals surface area contributed by atoms with E-state index >= 15 is 0 Å². The van der Waals surface area contributed by atoms with E-state index in [9.17, 15) is 19.0 Å². The molecule has 0 aliphatic carbocycles. The lowest BCUT2D eigenvalue weighted by Crippen LogP contribution is -2.37. The van der Waals surface area contributed by atoms with Crippen LogP contribution in [0.5, 0.6) is 0 Å². The van der Waals surface area contributed by atoms with Crippen LogP contribution in [-0.4, -0.2) is 70.0 Å². The first kappa shape index (κ1) is 39.0. The molecule has 2 atom stereocenters. The highest BCUT2D eigenvalue weighted by atomic mass is 31.2. The van der Waals surface area contributed by atoms with Gasteiger partial charge in [0.15, 0.2) is 6.10 Å². The third-order valence-corrected chi connectivity index (χ3v) is 7.59. The Morgan fingerprint density at radius 1 is 0.675 bits per heavy atom. The van der Waals surface area contributed by atoms with E-state index in [0.29, 0.717) is 17.4 Å². The van der Waals surface area contributed by atoms with Crippen molar-refractivity contribution >= 4 is 19.8 Å². The third kappa shape index (κ3) is 27.2. The van der Waals surface area contributed by atoms with Gasteiger partial charge < -0.3 is 27.9 Å². The minimum Gasteiger partial charge on any atom is -0.756 e. The molecule has 0 aliphatic heterocycles. The molecule has 0 spiro atoms. The molecule has 2 unspecified atom stereocenters. The summed E-state index contributed by atoms with van der Waals surface area (Å²) < 4.78 is 33.4. The highest BCUT2D eigenvalue weighted by Gasteiger charge is 2.21. The Bertz CT molecular complexity index is 683. The number of quaternary nitrogens is 1. The number of likely N-dealkylation sites (N-methyl/N-ethyl adjacent to an activating group) is 1. The Morgan fingerprint density at radius 2 is 1.12 bits per heavy atom.